The number of pyridine rings is 1. The molecule has 22 heavy (non-hydrogen) atoms. The summed E-state index contributed by atoms with van der Waals surface area (Å²) >= 11 is 0. The minimum atomic E-state index is -0.503. The van der Waals surface area contributed by atoms with E-state index < -0.39 is 11.6 Å². The Morgan fingerprint density at radius 1 is 0.682 bits per heavy atom. The van der Waals surface area contributed by atoms with E-state index in [1.807, 2.05) is 24.3 Å². The minimum Gasteiger partial charge on any atom is -0.285 e. The van der Waals surface area contributed by atoms with Gasteiger partial charge in [-0.3, -0.25) is 14.6 Å². The molecular formula is C19H13NO2. The molecule has 0 aliphatic heterocycles. The highest BCUT2D eigenvalue weighted by Gasteiger charge is 2.18. The number of nitrogens with zero attached hydrogens (tertiary/aromatic N) is 1. The summed E-state index contributed by atoms with van der Waals surface area (Å²) in [5.41, 5.74) is 2.55. The molecule has 0 unspecified atom stereocenters. The van der Waals surface area contributed by atoms with Crippen molar-refractivity contribution in [3.05, 3.63) is 90.3 Å². The fourth-order valence-corrected chi connectivity index (χ4v) is 2.23. The third-order valence-electron chi connectivity index (χ3n) is 3.36. The number of Topliss-reactive ketones (excluding diaryl/α,β-unsaturated/α-hetero) is 2. The Kier molecular flexibility index (Phi) is 3.88. The third kappa shape index (κ3) is 2.83. The molecule has 1 heterocycles. The lowest BCUT2D eigenvalue weighted by molar-refractivity contribution is 0.0817. The normalized spacial score (nSPS) is 10.2. The van der Waals surface area contributed by atoms with Gasteiger partial charge in [-0.05, 0) is 17.7 Å². The first-order chi connectivity index (χ1) is 10.8. The first-order valence-electron chi connectivity index (χ1n) is 6.90. The van der Waals surface area contributed by atoms with Gasteiger partial charge < -0.3 is 0 Å². The molecule has 0 radical (unpaired) electrons. The van der Waals surface area contributed by atoms with Crippen LogP contribution < -0.4 is 0 Å². The Labute approximate surface area is 128 Å². The lowest BCUT2D eigenvalue weighted by Gasteiger charge is -2.04. The van der Waals surface area contributed by atoms with E-state index in [2.05, 4.69) is 4.98 Å². The Morgan fingerprint density at radius 3 is 2.09 bits per heavy atom. The SMILES string of the molecule is O=C(C(=O)c1cccc(-c2cccnc2)c1)c1ccccc1. The van der Waals surface area contributed by atoms with Crippen LogP contribution in [0.5, 0.6) is 0 Å². The summed E-state index contributed by atoms with van der Waals surface area (Å²) < 4.78 is 0. The van der Waals surface area contributed by atoms with Gasteiger partial charge >= 0.3 is 0 Å². The fraction of sp³-hybridized carbons (Fsp3) is 0. The Morgan fingerprint density at radius 2 is 1.36 bits per heavy atom. The molecular weight excluding hydrogens is 274 g/mol. The molecule has 0 bridgehead atoms. The van der Waals surface area contributed by atoms with E-state index in [-0.39, 0.29) is 0 Å². The number of hydrogen-bond acceptors (Lipinski definition) is 3. The number of hydrogen-bond donors (Lipinski definition) is 0. The number of carbonyl (C=O) groups excluding carboxylic acids is 2. The molecule has 1 aromatic heterocycles. The second-order valence-corrected chi connectivity index (χ2v) is 4.85. The number of carbonyl (C=O) groups is 2. The molecule has 2 aromatic carbocycles. The smallest absolute Gasteiger partial charge is 0.233 e. The van der Waals surface area contributed by atoms with Crippen molar-refractivity contribution in [2.75, 3.05) is 0 Å². The summed E-state index contributed by atoms with van der Waals surface area (Å²) in [4.78, 5) is 28.7. The van der Waals surface area contributed by atoms with E-state index in [0.29, 0.717) is 11.1 Å². The summed E-state index contributed by atoms with van der Waals surface area (Å²) in [7, 11) is 0. The van der Waals surface area contributed by atoms with Crippen LogP contribution in [0, 0.1) is 0 Å². The molecule has 0 saturated carbocycles. The largest absolute Gasteiger partial charge is 0.285 e. The molecule has 0 aliphatic carbocycles. The maximum Gasteiger partial charge on any atom is 0.233 e. The monoisotopic (exact) mass is 287 g/mol. The van der Waals surface area contributed by atoms with Crippen LogP contribution in [-0.4, -0.2) is 16.6 Å². The van der Waals surface area contributed by atoms with Gasteiger partial charge in [-0.1, -0.05) is 54.6 Å². The Balaban J connectivity index is 1.93. The van der Waals surface area contributed by atoms with Crippen molar-refractivity contribution in [1.29, 1.82) is 0 Å². The van der Waals surface area contributed by atoms with Gasteiger partial charge in [0.05, 0.1) is 0 Å². The quantitative estimate of drug-likeness (QED) is 0.541. The summed E-state index contributed by atoms with van der Waals surface area (Å²) in [6, 6.07) is 19.4. The van der Waals surface area contributed by atoms with E-state index >= 15 is 0 Å². The van der Waals surface area contributed by atoms with Gasteiger partial charge in [0.1, 0.15) is 0 Å². The van der Waals surface area contributed by atoms with E-state index in [0.717, 1.165) is 11.1 Å². The molecule has 0 fully saturated rings. The number of rotatable bonds is 4. The molecule has 106 valence electrons. The van der Waals surface area contributed by atoms with Crippen LogP contribution >= 0.6 is 0 Å². The van der Waals surface area contributed by atoms with Gasteiger partial charge in [-0.25, -0.2) is 0 Å². The number of benzene rings is 2. The molecule has 0 atom stereocenters. The Bertz CT molecular complexity index is 811. The van der Waals surface area contributed by atoms with Gasteiger partial charge in [-0.2, -0.15) is 0 Å². The van der Waals surface area contributed by atoms with E-state index in [1.54, 1.807) is 54.9 Å². The molecule has 0 saturated heterocycles. The molecule has 3 aromatic rings. The van der Waals surface area contributed by atoms with E-state index in [4.69, 9.17) is 0 Å². The molecule has 0 spiro atoms. The van der Waals surface area contributed by atoms with Crippen LogP contribution in [0.4, 0.5) is 0 Å². The summed E-state index contributed by atoms with van der Waals surface area (Å²) in [6.45, 7) is 0. The lowest BCUT2D eigenvalue weighted by Crippen LogP contribution is -2.14. The van der Waals surface area contributed by atoms with Crippen LogP contribution in [0.1, 0.15) is 20.7 Å². The fourth-order valence-electron chi connectivity index (χ4n) is 2.23. The van der Waals surface area contributed by atoms with Gasteiger partial charge in [0.2, 0.25) is 11.6 Å². The van der Waals surface area contributed by atoms with Gasteiger partial charge in [0, 0.05) is 29.1 Å². The zero-order valence-corrected chi connectivity index (χ0v) is 11.8. The lowest BCUT2D eigenvalue weighted by atomic mass is 9.98. The van der Waals surface area contributed by atoms with E-state index in [9.17, 15) is 9.59 Å². The topological polar surface area (TPSA) is 47.0 Å². The first-order valence-corrected chi connectivity index (χ1v) is 6.90. The number of aromatic nitrogens is 1. The standard InChI is InChI=1S/C19H13NO2/c21-18(14-6-2-1-3-7-14)19(22)16-9-4-8-15(12-16)17-10-5-11-20-13-17/h1-13H. The maximum absolute atomic E-state index is 12.4. The van der Waals surface area contributed by atoms with Gasteiger partial charge in [0.25, 0.3) is 0 Å². The van der Waals surface area contributed by atoms with Crippen LogP contribution in [0.25, 0.3) is 11.1 Å². The van der Waals surface area contributed by atoms with Gasteiger partial charge in [-0.15, -0.1) is 0 Å². The summed E-state index contributed by atoms with van der Waals surface area (Å²) in [5, 5.41) is 0. The van der Waals surface area contributed by atoms with Crippen LogP contribution in [0.15, 0.2) is 79.1 Å². The average Bonchev–Trinajstić information content (AvgIpc) is 2.62. The van der Waals surface area contributed by atoms with Crippen molar-refractivity contribution in [2.45, 2.75) is 0 Å². The van der Waals surface area contributed by atoms with Crippen molar-refractivity contribution in [1.82, 2.24) is 4.98 Å². The van der Waals surface area contributed by atoms with Gasteiger partial charge in [0.15, 0.2) is 0 Å². The number of ketones is 2. The highest BCUT2D eigenvalue weighted by atomic mass is 16.2. The molecule has 3 rings (SSSR count). The molecule has 3 heteroatoms. The predicted molar refractivity (Wildman–Crippen MR) is 84.8 cm³/mol. The van der Waals surface area contributed by atoms with Crippen LogP contribution in [-0.2, 0) is 0 Å². The second kappa shape index (κ2) is 6.14. The zero-order chi connectivity index (χ0) is 15.4. The highest BCUT2D eigenvalue weighted by Crippen LogP contribution is 2.20. The molecule has 0 aliphatic rings. The summed E-state index contributed by atoms with van der Waals surface area (Å²) in [6.07, 6.45) is 3.42. The van der Waals surface area contributed by atoms with Crippen molar-refractivity contribution >= 4 is 11.6 Å². The third-order valence-corrected chi connectivity index (χ3v) is 3.36. The van der Waals surface area contributed by atoms with E-state index in [1.165, 1.54) is 0 Å². The van der Waals surface area contributed by atoms with Crippen molar-refractivity contribution in [2.24, 2.45) is 0 Å². The average molecular weight is 287 g/mol. The molecule has 0 N–H and O–H groups in total. The predicted octanol–water partition coefficient (Wildman–Crippen LogP) is 3.81. The second-order valence-electron chi connectivity index (χ2n) is 4.85. The zero-order valence-electron chi connectivity index (χ0n) is 11.8. The first kappa shape index (κ1) is 13.9. The Hall–Kier alpha value is -3.07. The van der Waals surface area contributed by atoms with Crippen molar-refractivity contribution < 1.29 is 9.59 Å². The van der Waals surface area contributed by atoms with Crippen molar-refractivity contribution in [3.8, 4) is 11.1 Å². The summed E-state index contributed by atoms with van der Waals surface area (Å²) in [5.74, 6) is -0.999. The highest BCUT2D eigenvalue weighted by molar-refractivity contribution is 6.49. The van der Waals surface area contributed by atoms with Crippen molar-refractivity contribution in [3.63, 3.8) is 0 Å². The minimum absolute atomic E-state index is 0.384. The molecule has 0 amide bonds. The molecule has 3 nitrogen and oxygen atoms in total. The van der Waals surface area contributed by atoms with Crippen LogP contribution in [0.2, 0.25) is 0 Å². The maximum atomic E-state index is 12.4. The van der Waals surface area contributed by atoms with Crippen LogP contribution in [0.3, 0.4) is 0 Å².